The van der Waals surface area contributed by atoms with Crippen LogP contribution in [0.3, 0.4) is 0 Å². The molecule has 0 fully saturated rings. The summed E-state index contributed by atoms with van der Waals surface area (Å²) in [5.74, 6) is 0. The summed E-state index contributed by atoms with van der Waals surface area (Å²) in [6.45, 7) is 0.796. The molecule has 2 heterocycles. The average Bonchev–Trinajstić information content (AvgIpc) is 3.53. The zero-order valence-electron chi connectivity index (χ0n) is 22.5. The van der Waals surface area contributed by atoms with Crippen LogP contribution in [0.4, 0.5) is 0 Å². The fraction of sp³-hybridized carbons (Fsp3) is 0.0526. The van der Waals surface area contributed by atoms with Crippen LogP contribution >= 0.6 is 0 Å². The van der Waals surface area contributed by atoms with Crippen molar-refractivity contribution in [1.82, 2.24) is 4.57 Å². The molecule has 6 aromatic carbocycles. The molecule has 8 aromatic rings. The van der Waals surface area contributed by atoms with Gasteiger partial charge in [-0.05, 0) is 53.9 Å². The molecule has 0 atom stereocenters. The number of fused-ring (bicyclic) bond motifs is 6. The molecular weight excluding hydrogens is 575 g/mol. The van der Waals surface area contributed by atoms with Gasteiger partial charge in [0.15, 0.2) is 0 Å². The Morgan fingerprint density at radius 2 is 1.22 bits per heavy atom. The van der Waals surface area contributed by atoms with E-state index in [1.165, 1.54) is 43.9 Å². The number of hydrogen-bond acceptors (Lipinski definition) is 1. The first-order valence-corrected chi connectivity index (χ1v) is 13.7. The minimum atomic E-state index is 0. The van der Waals surface area contributed by atoms with Crippen LogP contribution in [0, 0.1) is 12.1 Å². The number of hydrogen-bond donors (Lipinski definition) is 0. The van der Waals surface area contributed by atoms with Crippen LogP contribution < -0.4 is 0 Å². The maximum Gasteiger partial charge on any atom is 0.135 e. The van der Waals surface area contributed by atoms with Gasteiger partial charge in [0.25, 0.3) is 0 Å². The Kier molecular flexibility index (Phi) is 6.82. The maximum absolute atomic E-state index is 6.07. The van der Waals surface area contributed by atoms with Gasteiger partial charge in [0.2, 0.25) is 0 Å². The molecule has 0 amide bonds. The van der Waals surface area contributed by atoms with E-state index in [4.69, 9.17) is 4.42 Å². The third-order valence-electron chi connectivity index (χ3n) is 7.89. The van der Waals surface area contributed by atoms with Gasteiger partial charge in [0.1, 0.15) is 11.2 Å². The first-order valence-electron chi connectivity index (χ1n) is 13.7. The van der Waals surface area contributed by atoms with Crippen LogP contribution in [-0.2, 0) is 45.7 Å². The fourth-order valence-electron chi connectivity index (χ4n) is 6.01. The second-order valence-electron chi connectivity index (χ2n) is 10.4. The molecule has 8 rings (SSSR count). The van der Waals surface area contributed by atoms with Crippen LogP contribution in [0.25, 0.3) is 54.9 Å². The Morgan fingerprint density at radius 3 is 2.12 bits per heavy atom. The molecule has 2 nitrogen and oxygen atoms in total. The van der Waals surface area contributed by atoms with Gasteiger partial charge in [-0.3, -0.25) is 0 Å². The van der Waals surface area contributed by atoms with Gasteiger partial charge in [-0.1, -0.05) is 48.5 Å². The Morgan fingerprint density at radius 1 is 0.512 bits per heavy atom. The molecule has 1 radical (unpaired) electrons. The maximum atomic E-state index is 6.07. The fourth-order valence-corrected chi connectivity index (χ4v) is 6.01. The SMILES string of the molecule is [Y].[c-]1ccccc1-c1[c-]ccc(Cc2ccc3c(c2)c2ccccc2n3Cc2ccc3oc4ccccc4c3c2)c1. The summed E-state index contributed by atoms with van der Waals surface area (Å²) < 4.78 is 8.51. The molecule has 0 aliphatic carbocycles. The smallest absolute Gasteiger partial charge is 0.135 e. The summed E-state index contributed by atoms with van der Waals surface area (Å²) in [6, 6.07) is 51.7. The van der Waals surface area contributed by atoms with E-state index in [1.807, 2.05) is 36.4 Å². The molecule has 0 spiro atoms. The van der Waals surface area contributed by atoms with Gasteiger partial charge in [-0.25, -0.2) is 11.1 Å². The second-order valence-corrected chi connectivity index (χ2v) is 10.4. The topological polar surface area (TPSA) is 18.1 Å². The molecule has 41 heavy (non-hydrogen) atoms. The second kappa shape index (κ2) is 10.8. The Labute approximate surface area is 264 Å². The quantitative estimate of drug-likeness (QED) is 0.180. The van der Waals surface area contributed by atoms with E-state index in [0.717, 1.165) is 40.6 Å². The number of nitrogens with zero attached hydrogens (tertiary/aromatic N) is 1. The predicted molar refractivity (Wildman–Crippen MR) is 165 cm³/mol. The Hall–Kier alpha value is -3.98. The summed E-state index contributed by atoms with van der Waals surface area (Å²) in [4.78, 5) is 0. The summed E-state index contributed by atoms with van der Waals surface area (Å²) in [6.07, 6.45) is 0.869. The van der Waals surface area contributed by atoms with Crippen molar-refractivity contribution in [2.24, 2.45) is 0 Å². The van der Waals surface area contributed by atoms with Crippen molar-refractivity contribution >= 4 is 43.7 Å². The van der Waals surface area contributed by atoms with Crippen molar-refractivity contribution < 1.29 is 37.1 Å². The average molecular weight is 601 g/mol. The Balaban J connectivity index is 0.00000276. The number of aromatic nitrogens is 1. The van der Waals surface area contributed by atoms with E-state index in [-0.39, 0.29) is 32.7 Å². The van der Waals surface area contributed by atoms with Crippen LogP contribution in [0.1, 0.15) is 16.7 Å². The van der Waals surface area contributed by atoms with Gasteiger partial charge < -0.3 is 8.98 Å². The first-order chi connectivity index (χ1) is 19.8. The van der Waals surface area contributed by atoms with Gasteiger partial charge in [0, 0.05) is 71.8 Å². The monoisotopic (exact) mass is 600 g/mol. The van der Waals surface area contributed by atoms with Crippen molar-refractivity contribution in [3.05, 3.63) is 156 Å². The number of rotatable bonds is 5. The van der Waals surface area contributed by atoms with E-state index in [1.54, 1.807) is 0 Å². The molecule has 3 heteroatoms. The third-order valence-corrected chi connectivity index (χ3v) is 7.89. The minimum absolute atomic E-state index is 0. The van der Waals surface area contributed by atoms with Gasteiger partial charge in [0.05, 0.1) is 0 Å². The standard InChI is InChI=1S/C38H25NO.Y/c1-2-10-29(11-3-1)30-12-8-9-26(22-30)21-27-17-19-36-33(23-27)31-13-4-6-15-35(31)39(36)25-28-18-20-38-34(24-28)32-14-5-7-16-37(32)40-38;/h1-10,13-20,22-24H,21,25H2;/q-2;. The predicted octanol–water partition coefficient (Wildman–Crippen LogP) is 9.60. The summed E-state index contributed by atoms with van der Waals surface area (Å²) >= 11 is 0. The summed E-state index contributed by atoms with van der Waals surface area (Å²) in [7, 11) is 0. The normalized spacial score (nSPS) is 11.4. The van der Waals surface area contributed by atoms with Gasteiger partial charge in [-0.2, -0.15) is 42.5 Å². The summed E-state index contributed by atoms with van der Waals surface area (Å²) in [5, 5.41) is 4.92. The van der Waals surface area contributed by atoms with E-state index in [9.17, 15) is 0 Å². The van der Waals surface area contributed by atoms with E-state index >= 15 is 0 Å². The minimum Gasteiger partial charge on any atom is -0.456 e. The Bertz CT molecular complexity index is 2170. The molecule has 0 saturated heterocycles. The van der Waals surface area contributed by atoms with Crippen molar-refractivity contribution in [1.29, 1.82) is 0 Å². The zero-order valence-corrected chi connectivity index (χ0v) is 25.3. The van der Waals surface area contributed by atoms with Gasteiger partial charge >= 0.3 is 0 Å². The van der Waals surface area contributed by atoms with Crippen molar-refractivity contribution in [3.63, 3.8) is 0 Å². The van der Waals surface area contributed by atoms with Crippen LogP contribution in [0.2, 0.25) is 0 Å². The zero-order chi connectivity index (χ0) is 26.5. The van der Waals surface area contributed by atoms with Crippen LogP contribution in [0.15, 0.2) is 132 Å². The van der Waals surface area contributed by atoms with Gasteiger partial charge in [-0.15, -0.1) is 17.7 Å². The molecule has 193 valence electrons. The molecule has 2 aromatic heterocycles. The first kappa shape index (κ1) is 26.0. The number of furan rings is 1. The molecule has 0 bridgehead atoms. The summed E-state index contributed by atoms with van der Waals surface area (Å²) in [5.41, 5.74) is 10.4. The number of benzene rings is 6. The molecule has 0 aliphatic rings. The molecule has 0 saturated carbocycles. The van der Waals surface area contributed by atoms with Crippen LogP contribution in [0.5, 0.6) is 0 Å². The number of para-hydroxylation sites is 2. The third kappa shape index (κ3) is 4.72. The van der Waals surface area contributed by atoms with Crippen molar-refractivity contribution in [2.45, 2.75) is 13.0 Å². The van der Waals surface area contributed by atoms with E-state index < -0.39 is 0 Å². The molecule has 0 N–H and O–H groups in total. The molecule has 0 aliphatic heterocycles. The van der Waals surface area contributed by atoms with Crippen molar-refractivity contribution in [2.75, 3.05) is 0 Å². The van der Waals surface area contributed by atoms with Crippen molar-refractivity contribution in [3.8, 4) is 11.1 Å². The van der Waals surface area contributed by atoms with E-state index in [2.05, 4.69) is 108 Å². The molecular formula is C38H25NOY-2. The molecule has 0 unspecified atom stereocenters. The largest absolute Gasteiger partial charge is 0.456 e. The van der Waals surface area contributed by atoms with Crippen LogP contribution in [-0.4, -0.2) is 4.57 Å². The van der Waals surface area contributed by atoms with E-state index in [0.29, 0.717) is 0 Å².